The standard InChI is InChI=1S/C11H9NO2S/c1-12-5-4-9(13)8(7-12)11(14)10-3-2-6-15-10/h2-7H,1H3. The zero-order valence-electron chi connectivity index (χ0n) is 8.14. The number of rotatable bonds is 2. The van der Waals surface area contributed by atoms with Crippen LogP contribution in [0.15, 0.2) is 40.8 Å². The maximum Gasteiger partial charge on any atom is 0.208 e. The number of thiophene rings is 1. The summed E-state index contributed by atoms with van der Waals surface area (Å²) < 4.78 is 1.70. The number of pyridine rings is 1. The van der Waals surface area contributed by atoms with Gasteiger partial charge in [-0.05, 0) is 11.4 Å². The van der Waals surface area contributed by atoms with Gasteiger partial charge in [-0.15, -0.1) is 11.3 Å². The Kier molecular flexibility index (Phi) is 2.51. The van der Waals surface area contributed by atoms with E-state index in [1.54, 1.807) is 36.1 Å². The molecule has 0 N–H and O–H groups in total. The molecule has 0 saturated carbocycles. The third kappa shape index (κ3) is 1.89. The van der Waals surface area contributed by atoms with E-state index in [4.69, 9.17) is 0 Å². The highest BCUT2D eigenvalue weighted by atomic mass is 32.1. The Morgan fingerprint density at radius 1 is 1.40 bits per heavy atom. The molecule has 15 heavy (non-hydrogen) atoms. The Bertz CT molecular complexity index is 540. The van der Waals surface area contributed by atoms with Crippen molar-refractivity contribution in [3.8, 4) is 0 Å². The largest absolute Gasteiger partial charge is 0.356 e. The lowest BCUT2D eigenvalue weighted by atomic mass is 10.1. The first kappa shape index (κ1) is 9.86. The van der Waals surface area contributed by atoms with Gasteiger partial charge in [-0.25, -0.2) is 0 Å². The Balaban J connectivity index is 2.51. The van der Waals surface area contributed by atoms with Gasteiger partial charge in [0.25, 0.3) is 0 Å². The lowest BCUT2D eigenvalue weighted by Crippen LogP contribution is -2.16. The SMILES string of the molecule is Cn1ccc(=O)c(C(=O)c2cccs2)c1. The molecule has 0 saturated heterocycles. The van der Waals surface area contributed by atoms with Gasteiger partial charge in [0, 0.05) is 25.5 Å². The van der Waals surface area contributed by atoms with Crippen LogP contribution in [0.5, 0.6) is 0 Å². The summed E-state index contributed by atoms with van der Waals surface area (Å²) in [6, 6.07) is 4.92. The summed E-state index contributed by atoms with van der Waals surface area (Å²) in [7, 11) is 1.78. The molecule has 0 fully saturated rings. The first-order chi connectivity index (χ1) is 7.18. The Labute approximate surface area is 90.6 Å². The molecule has 2 rings (SSSR count). The van der Waals surface area contributed by atoms with Crippen molar-refractivity contribution in [2.75, 3.05) is 0 Å². The van der Waals surface area contributed by atoms with E-state index in [2.05, 4.69) is 0 Å². The molecule has 0 bridgehead atoms. The van der Waals surface area contributed by atoms with Crippen LogP contribution in [0.2, 0.25) is 0 Å². The lowest BCUT2D eigenvalue weighted by Gasteiger charge is -2.00. The molecular formula is C11H9NO2S. The smallest absolute Gasteiger partial charge is 0.208 e. The second-order valence-electron chi connectivity index (χ2n) is 3.19. The summed E-state index contributed by atoms with van der Waals surface area (Å²) in [5.74, 6) is -0.203. The van der Waals surface area contributed by atoms with Gasteiger partial charge in [-0.1, -0.05) is 6.07 Å². The molecule has 0 aliphatic carbocycles. The van der Waals surface area contributed by atoms with Crippen LogP contribution in [-0.2, 0) is 7.05 Å². The lowest BCUT2D eigenvalue weighted by molar-refractivity contribution is 0.104. The minimum absolute atomic E-state index is 0.203. The Morgan fingerprint density at radius 2 is 2.20 bits per heavy atom. The average Bonchev–Trinajstić information content (AvgIpc) is 2.74. The third-order valence-corrected chi connectivity index (χ3v) is 2.92. The van der Waals surface area contributed by atoms with Crippen LogP contribution in [0, 0.1) is 0 Å². The molecule has 0 radical (unpaired) electrons. The van der Waals surface area contributed by atoms with E-state index in [1.165, 1.54) is 17.4 Å². The first-order valence-electron chi connectivity index (χ1n) is 4.43. The quantitative estimate of drug-likeness (QED) is 0.721. The van der Waals surface area contributed by atoms with E-state index in [0.29, 0.717) is 4.88 Å². The molecule has 0 aliphatic heterocycles. The van der Waals surface area contributed by atoms with Gasteiger partial charge in [0.2, 0.25) is 5.78 Å². The number of ketones is 1. The topological polar surface area (TPSA) is 39.1 Å². The highest BCUT2D eigenvalue weighted by Gasteiger charge is 2.13. The second-order valence-corrected chi connectivity index (χ2v) is 4.14. The van der Waals surface area contributed by atoms with Crippen molar-refractivity contribution in [1.29, 1.82) is 0 Å². The van der Waals surface area contributed by atoms with Gasteiger partial charge in [0.15, 0.2) is 5.43 Å². The molecule has 0 unspecified atom stereocenters. The van der Waals surface area contributed by atoms with Crippen LogP contribution < -0.4 is 5.43 Å². The number of hydrogen-bond donors (Lipinski definition) is 0. The Hall–Kier alpha value is -1.68. The van der Waals surface area contributed by atoms with Crippen LogP contribution >= 0.6 is 11.3 Å². The summed E-state index contributed by atoms with van der Waals surface area (Å²) in [6.07, 6.45) is 3.19. The molecule has 0 spiro atoms. The summed E-state index contributed by atoms with van der Waals surface area (Å²) in [6.45, 7) is 0. The highest BCUT2D eigenvalue weighted by molar-refractivity contribution is 7.12. The molecule has 0 atom stereocenters. The van der Waals surface area contributed by atoms with Gasteiger partial charge >= 0.3 is 0 Å². The van der Waals surface area contributed by atoms with Crippen LogP contribution in [0.3, 0.4) is 0 Å². The molecule has 0 amide bonds. The monoisotopic (exact) mass is 219 g/mol. The molecule has 2 aromatic rings. The number of aromatic nitrogens is 1. The fourth-order valence-corrected chi connectivity index (χ4v) is 1.97. The van der Waals surface area contributed by atoms with Crippen molar-refractivity contribution >= 4 is 17.1 Å². The van der Waals surface area contributed by atoms with Crippen LogP contribution in [0.1, 0.15) is 15.2 Å². The van der Waals surface area contributed by atoms with E-state index >= 15 is 0 Å². The number of aryl methyl sites for hydroxylation is 1. The van der Waals surface area contributed by atoms with Crippen molar-refractivity contribution < 1.29 is 4.79 Å². The van der Waals surface area contributed by atoms with Gasteiger partial charge < -0.3 is 4.57 Å². The number of carbonyl (C=O) groups is 1. The highest BCUT2D eigenvalue weighted by Crippen LogP contribution is 2.12. The van der Waals surface area contributed by atoms with E-state index in [9.17, 15) is 9.59 Å². The van der Waals surface area contributed by atoms with E-state index in [1.807, 2.05) is 5.38 Å². The second kappa shape index (κ2) is 3.82. The molecule has 0 aliphatic rings. The number of nitrogens with zero attached hydrogens (tertiary/aromatic N) is 1. The summed E-state index contributed by atoms with van der Waals surface area (Å²) >= 11 is 1.34. The number of hydrogen-bond acceptors (Lipinski definition) is 3. The Morgan fingerprint density at radius 3 is 2.87 bits per heavy atom. The maximum atomic E-state index is 11.9. The van der Waals surface area contributed by atoms with Gasteiger partial charge in [-0.2, -0.15) is 0 Å². The first-order valence-corrected chi connectivity index (χ1v) is 5.31. The molecule has 2 heterocycles. The van der Waals surface area contributed by atoms with Crippen molar-refractivity contribution in [2.45, 2.75) is 0 Å². The van der Waals surface area contributed by atoms with Crippen LogP contribution in [0.25, 0.3) is 0 Å². The predicted molar refractivity (Wildman–Crippen MR) is 59.4 cm³/mol. The maximum absolute atomic E-state index is 11.9. The molecule has 0 aromatic carbocycles. The van der Waals surface area contributed by atoms with Gasteiger partial charge in [0.1, 0.15) is 0 Å². The predicted octanol–water partition coefficient (Wildman–Crippen LogP) is 1.68. The number of carbonyl (C=O) groups excluding carboxylic acids is 1. The minimum atomic E-state index is -0.230. The van der Waals surface area contributed by atoms with Crippen molar-refractivity contribution in [3.63, 3.8) is 0 Å². The van der Waals surface area contributed by atoms with Crippen LogP contribution in [0.4, 0.5) is 0 Å². The van der Waals surface area contributed by atoms with Crippen molar-refractivity contribution in [1.82, 2.24) is 4.57 Å². The van der Waals surface area contributed by atoms with Gasteiger partial charge in [0.05, 0.1) is 10.4 Å². The molecule has 76 valence electrons. The summed E-state index contributed by atoms with van der Waals surface area (Å²) in [5.41, 5.74) is -0.00560. The van der Waals surface area contributed by atoms with Gasteiger partial charge in [-0.3, -0.25) is 9.59 Å². The average molecular weight is 219 g/mol. The molecular weight excluding hydrogens is 210 g/mol. The van der Waals surface area contributed by atoms with Crippen LogP contribution in [-0.4, -0.2) is 10.4 Å². The fourth-order valence-electron chi connectivity index (χ4n) is 1.30. The normalized spacial score (nSPS) is 10.2. The molecule has 2 aromatic heterocycles. The zero-order chi connectivity index (χ0) is 10.8. The summed E-state index contributed by atoms with van der Waals surface area (Å²) in [5, 5.41) is 1.82. The zero-order valence-corrected chi connectivity index (χ0v) is 8.95. The fraction of sp³-hybridized carbons (Fsp3) is 0.0909. The van der Waals surface area contributed by atoms with E-state index in [-0.39, 0.29) is 16.8 Å². The summed E-state index contributed by atoms with van der Waals surface area (Å²) in [4.78, 5) is 24.0. The van der Waals surface area contributed by atoms with Crippen molar-refractivity contribution in [3.05, 3.63) is 56.6 Å². The van der Waals surface area contributed by atoms with E-state index < -0.39 is 0 Å². The molecule has 3 nitrogen and oxygen atoms in total. The third-order valence-electron chi connectivity index (χ3n) is 2.05. The minimum Gasteiger partial charge on any atom is -0.356 e. The molecule has 4 heteroatoms. The van der Waals surface area contributed by atoms with Crippen molar-refractivity contribution in [2.24, 2.45) is 7.05 Å². The van der Waals surface area contributed by atoms with E-state index in [0.717, 1.165) is 0 Å².